The summed E-state index contributed by atoms with van der Waals surface area (Å²) < 4.78 is 0. The monoisotopic (exact) mass is 448 g/mol. The molecule has 0 radical (unpaired) electrons. The number of anilines is 1. The van der Waals surface area contributed by atoms with E-state index in [2.05, 4.69) is 46.6 Å². The number of nitrogens with one attached hydrogen (secondary N) is 1. The minimum atomic E-state index is -0.148. The van der Waals surface area contributed by atoms with Gasteiger partial charge in [0.05, 0.1) is 6.10 Å². The number of carbonyl (C=O) groups excluding carboxylic acids is 1. The quantitative estimate of drug-likeness (QED) is 0.499. The number of benzene rings is 3. The van der Waals surface area contributed by atoms with Crippen molar-refractivity contribution in [3.8, 4) is 11.1 Å². The normalized spacial score (nSPS) is 14.9. The third-order valence-corrected chi connectivity index (χ3v) is 6.23. The summed E-state index contributed by atoms with van der Waals surface area (Å²) in [7, 11) is 0. The molecule has 32 heavy (non-hydrogen) atoms. The zero-order valence-electron chi connectivity index (χ0n) is 18.1. The van der Waals surface area contributed by atoms with Crippen molar-refractivity contribution in [2.24, 2.45) is 0 Å². The largest absolute Gasteiger partial charge is 0.393 e. The number of likely N-dealkylation sites (tertiary alicyclic amines) is 1. The van der Waals surface area contributed by atoms with Gasteiger partial charge in [0.25, 0.3) is 0 Å². The summed E-state index contributed by atoms with van der Waals surface area (Å²) in [5, 5.41) is 13.4. The van der Waals surface area contributed by atoms with Gasteiger partial charge in [-0.1, -0.05) is 60.1 Å². The standard InChI is InChI=1S/C27H29ClN2O2/c28-24-10-8-23(9-11-24)22-6-1-20(2-7-22)5-14-27(32)29-25-12-3-21(4-13-25)19-30-17-15-26(31)16-18-30/h1-4,6-13,26,31H,5,14-19H2,(H,29,32). The average Bonchev–Trinajstić information content (AvgIpc) is 2.81. The highest BCUT2D eigenvalue weighted by Crippen LogP contribution is 2.22. The highest BCUT2D eigenvalue weighted by Gasteiger charge is 2.16. The molecule has 0 atom stereocenters. The molecule has 1 saturated heterocycles. The molecule has 0 aliphatic carbocycles. The lowest BCUT2D eigenvalue weighted by atomic mass is 10.0. The molecule has 0 aromatic heterocycles. The van der Waals surface area contributed by atoms with Crippen molar-refractivity contribution in [3.05, 3.63) is 88.9 Å². The summed E-state index contributed by atoms with van der Waals surface area (Å²) in [6.45, 7) is 2.74. The van der Waals surface area contributed by atoms with E-state index >= 15 is 0 Å². The lowest BCUT2D eigenvalue weighted by Crippen LogP contribution is -2.35. The van der Waals surface area contributed by atoms with E-state index < -0.39 is 0 Å². The second-order valence-corrected chi connectivity index (χ2v) is 8.89. The van der Waals surface area contributed by atoms with Crippen LogP contribution in [-0.4, -0.2) is 35.1 Å². The molecule has 0 unspecified atom stereocenters. The molecule has 1 fully saturated rings. The Labute approximate surface area is 194 Å². The number of nitrogens with zero attached hydrogens (tertiary/aromatic N) is 1. The van der Waals surface area contributed by atoms with E-state index in [4.69, 9.17) is 11.6 Å². The molecule has 0 saturated carbocycles. The van der Waals surface area contributed by atoms with Gasteiger partial charge in [0.2, 0.25) is 5.91 Å². The maximum Gasteiger partial charge on any atom is 0.224 e. The minimum absolute atomic E-state index is 0.0181. The number of carbonyl (C=O) groups is 1. The summed E-state index contributed by atoms with van der Waals surface area (Å²) >= 11 is 5.96. The molecule has 5 heteroatoms. The van der Waals surface area contributed by atoms with E-state index in [9.17, 15) is 9.90 Å². The molecule has 2 N–H and O–H groups in total. The van der Waals surface area contributed by atoms with Crippen LogP contribution in [0.15, 0.2) is 72.8 Å². The number of rotatable bonds is 7. The van der Waals surface area contributed by atoms with Crippen molar-refractivity contribution in [2.45, 2.75) is 38.3 Å². The third-order valence-electron chi connectivity index (χ3n) is 5.97. The van der Waals surface area contributed by atoms with Crippen LogP contribution in [0.2, 0.25) is 5.02 Å². The van der Waals surface area contributed by atoms with Crippen LogP contribution < -0.4 is 5.32 Å². The Hall–Kier alpha value is -2.66. The van der Waals surface area contributed by atoms with Crippen LogP contribution in [0, 0.1) is 0 Å². The van der Waals surface area contributed by atoms with E-state index in [1.165, 1.54) is 5.56 Å². The van der Waals surface area contributed by atoms with Gasteiger partial charge in [0.1, 0.15) is 0 Å². The van der Waals surface area contributed by atoms with Gasteiger partial charge in [0, 0.05) is 36.8 Å². The number of hydrogen-bond donors (Lipinski definition) is 2. The summed E-state index contributed by atoms with van der Waals surface area (Å²) in [4.78, 5) is 14.7. The van der Waals surface area contributed by atoms with Crippen LogP contribution in [0.3, 0.4) is 0 Å². The van der Waals surface area contributed by atoms with Gasteiger partial charge in [-0.2, -0.15) is 0 Å². The van der Waals surface area contributed by atoms with Crippen molar-refractivity contribution in [3.63, 3.8) is 0 Å². The fourth-order valence-corrected chi connectivity index (χ4v) is 4.14. The van der Waals surface area contributed by atoms with Crippen LogP contribution in [0.4, 0.5) is 5.69 Å². The van der Waals surface area contributed by atoms with E-state index in [1.807, 2.05) is 36.4 Å². The Morgan fingerprint density at radius 3 is 2.06 bits per heavy atom. The lowest BCUT2D eigenvalue weighted by molar-refractivity contribution is -0.116. The fourth-order valence-electron chi connectivity index (χ4n) is 4.02. The summed E-state index contributed by atoms with van der Waals surface area (Å²) in [5.74, 6) is 0.0181. The lowest BCUT2D eigenvalue weighted by Gasteiger charge is -2.29. The number of aryl methyl sites for hydroxylation is 1. The SMILES string of the molecule is O=C(CCc1ccc(-c2ccc(Cl)cc2)cc1)Nc1ccc(CN2CCC(O)CC2)cc1. The van der Waals surface area contributed by atoms with Crippen molar-refractivity contribution < 1.29 is 9.90 Å². The Balaban J connectivity index is 1.23. The fraction of sp³-hybridized carbons (Fsp3) is 0.296. The average molecular weight is 449 g/mol. The van der Waals surface area contributed by atoms with Crippen molar-refractivity contribution in [1.82, 2.24) is 4.90 Å². The van der Waals surface area contributed by atoms with Crippen LogP contribution in [-0.2, 0) is 17.8 Å². The molecule has 1 aliphatic heterocycles. The second kappa shape index (κ2) is 10.8. The van der Waals surface area contributed by atoms with Crippen molar-refractivity contribution in [2.75, 3.05) is 18.4 Å². The van der Waals surface area contributed by atoms with Gasteiger partial charge in [-0.3, -0.25) is 9.69 Å². The molecular formula is C27H29ClN2O2. The van der Waals surface area contributed by atoms with Crippen molar-refractivity contribution in [1.29, 1.82) is 0 Å². The smallest absolute Gasteiger partial charge is 0.224 e. The van der Waals surface area contributed by atoms with Crippen LogP contribution in [0.1, 0.15) is 30.4 Å². The first kappa shape index (κ1) is 22.5. The molecule has 4 nitrogen and oxygen atoms in total. The zero-order valence-corrected chi connectivity index (χ0v) is 18.9. The van der Waals surface area contributed by atoms with E-state index in [0.717, 1.165) is 59.9 Å². The van der Waals surface area contributed by atoms with Gasteiger partial charge in [-0.25, -0.2) is 0 Å². The molecule has 1 heterocycles. The van der Waals surface area contributed by atoms with E-state index in [0.29, 0.717) is 12.8 Å². The number of amides is 1. The van der Waals surface area contributed by atoms with Gasteiger partial charge in [-0.15, -0.1) is 0 Å². The Morgan fingerprint density at radius 1 is 0.875 bits per heavy atom. The maximum atomic E-state index is 12.4. The predicted octanol–water partition coefficient (Wildman–Crippen LogP) is 5.54. The topological polar surface area (TPSA) is 52.6 Å². The van der Waals surface area contributed by atoms with Crippen LogP contribution in [0.5, 0.6) is 0 Å². The molecule has 0 bridgehead atoms. The molecule has 0 spiro atoms. The summed E-state index contributed by atoms with van der Waals surface area (Å²) in [5.41, 5.74) is 5.45. The van der Waals surface area contributed by atoms with Gasteiger partial charge >= 0.3 is 0 Å². The molecule has 3 aromatic carbocycles. The molecule has 166 valence electrons. The predicted molar refractivity (Wildman–Crippen MR) is 131 cm³/mol. The summed E-state index contributed by atoms with van der Waals surface area (Å²) in [6, 6.07) is 24.2. The number of aliphatic hydroxyl groups is 1. The third kappa shape index (κ3) is 6.42. The highest BCUT2D eigenvalue weighted by molar-refractivity contribution is 6.30. The molecular weight excluding hydrogens is 420 g/mol. The van der Waals surface area contributed by atoms with E-state index in [-0.39, 0.29) is 12.0 Å². The second-order valence-electron chi connectivity index (χ2n) is 8.46. The number of aliphatic hydroxyl groups excluding tert-OH is 1. The molecule has 1 aliphatic rings. The van der Waals surface area contributed by atoms with Crippen LogP contribution >= 0.6 is 11.6 Å². The number of hydrogen-bond acceptors (Lipinski definition) is 3. The number of piperidine rings is 1. The Bertz CT molecular complexity index is 1010. The van der Waals surface area contributed by atoms with Gasteiger partial charge < -0.3 is 10.4 Å². The minimum Gasteiger partial charge on any atom is -0.393 e. The first-order chi connectivity index (χ1) is 15.5. The molecule has 1 amide bonds. The molecule has 3 aromatic rings. The Morgan fingerprint density at radius 2 is 1.44 bits per heavy atom. The maximum absolute atomic E-state index is 12.4. The first-order valence-corrected chi connectivity index (χ1v) is 11.6. The zero-order chi connectivity index (χ0) is 22.3. The molecule has 4 rings (SSSR count). The van der Waals surface area contributed by atoms with Crippen molar-refractivity contribution >= 4 is 23.2 Å². The van der Waals surface area contributed by atoms with E-state index in [1.54, 1.807) is 0 Å². The first-order valence-electron chi connectivity index (χ1n) is 11.2. The van der Waals surface area contributed by atoms with Gasteiger partial charge in [-0.05, 0) is 65.8 Å². The summed E-state index contributed by atoms with van der Waals surface area (Å²) in [6.07, 6.45) is 2.69. The van der Waals surface area contributed by atoms with Crippen LogP contribution in [0.25, 0.3) is 11.1 Å². The number of halogens is 1. The highest BCUT2D eigenvalue weighted by atomic mass is 35.5. The Kier molecular flexibility index (Phi) is 7.59. The van der Waals surface area contributed by atoms with Gasteiger partial charge in [0.15, 0.2) is 0 Å².